The molecule has 0 saturated heterocycles. The number of nitrogens with zero attached hydrogens (tertiary/aromatic N) is 4. The molecule has 0 fully saturated rings. The average molecular weight is 532 g/mol. The molecule has 1 amide bonds. The Kier molecular flexibility index (Phi) is 7.69. The summed E-state index contributed by atoms with van der Waals surface area (Å²) in [6.07, 6.45) is 4.26. The van der Waals surface area contributed by atoms with E-state index in [0.29, 0.717) is 38.9 Å². The lowest BCUT2D eigenvalue weighted by Crippen LogP contribution is -2.32. The molecule has 1 unspecified atom stereocenters. The number of carbonyl (C=O) groups is 2. The number of ether oxygens (including phenoxy) is 1. The summed E-state index contributed by atoms with van der Waals surface area (Å²) >= 11 is 6.15. The number of ketones is 1. The minimum Gasteiger partial charge on any atom is -0.495 e. The number of oxazole rings is 1. The van der Waals surface area contributed by atoms with Crippen molar-refractivity contribution in [2.75, 3.05) is 7.11 Å². The molecule has 3 heterocycles. The molecule has 0 spiro atoms. The molecule has 0 aliphatic rings. The molecule has 10 nitrogen and oxygen atoms in total. The van der Waals surface area contributed by atoms with Gasteiger partial charge in [-0.2, -0.15) is 5.26 Å². The molecule has 2 N–H and O–H groups in total. The molecule has 0 aliphatic heterocycles. The lowest BCUT2D eigenvalue weighted by Gasteiger charge is -2.20. The Morgan fingerprint density at radius 3 is 2.63 bits per heavy atom. The van der Waals surface area contributed by atoms with Crippen LogP contribution < -0.4 is 16.0 Å². The lowest BCUT2D eigenvalue weighted by atomic mass is 9.98. The number of Topliss-reactive ketones (excluding diaryl/α,β-unsaturated/α-hetero) is 1. The smallest absolute Gasteiger partial charge is 0.267 e. The number of nitrogens with two attached hydrogens (primary N) is 1. The summed E-state index contributed by atoms with van der Waals surface area (Å²) in [5, 5.41) is 9.95. The molecule has 0 saturated carbocycles. The number of halogens is 1. The van der Waals surface area contributed by atoms with Crippen molar-refractivity contribution in [2.45, 2.75) is 25.8 Å². The Bertz CT molecular complexity index is 1620. The van der Waals surface area contributed by atoms with Crippen molar-refractivity contribution in [1.29, 1.82) is 5.26 Å². The van der Waals surface area contributed by atoms with Gasteiger partial charge in [0.25, 0.3) is 11.5 Å². The van der Waals surface area contributed by atoms with Gasteiger partial charge in [0.1, 0.15) is 23.7 Å². The second-order valence-corrected chi connectivity index (χ2v) is 8.88. The van der Waals surface area contributed by atoms with Gasteiger partial charge in [0, 0.05) is 48.2 Å². The van der Waals surface area contributed by atoms with Crippen molar-refractivity contribution in [3.63, 3.8) is 0 Å². The van der Waals surface area contributed by atoms with Crippen molar-refractivity contribution in [1.82, 2.24) is 14.5 Å². The van der Waals surface area contributed by atoms with Crippen LogP contribution in [-0.4, -0.2) is 33.3 Å². The van der Waals surface area contributed by atoms with E-state index in [0.717, 1.165) is 0 Å². The molecule has 4 rings (SSSR count). The number of hydrogen-bond acceptors (Lipinski definition) is 8. The Labute approximate surface area is 222 Å². The van der Waals surface area contributed by atoms with Crippen LogP contribution in [0.2, 0.25) is 5.02 Å². The standard InChI is InChI=1S/C27H22ClN5O5/c1-15-32-19(14-38-15)9-23(24(34)7-16-3-6-22(27(30)36)31-12-16)33-13-25(37-2)21(10-26(33)35)20-8-18(28)5-4-17(20)11-29/h3-6,8,10,12-14,23H,7,9H2,1-2H3,(H2,30,36). The van der Waals surface area contributed by atoms with E-state index in [1.54, 1.807) is 31.2 Å². The maximum absolute atomic E-state index is 13.6. The summed E-state index contributed by atoms with van der Waals surface area (Å²) in [4.78, 5) is 46.6. The highest BCUT2D eigenvalue weighted by Gasteiger charge is 2.26. The van der Waals surface area contributed by atoms with Crippen molar-refractivity contribution in [3.05, 3.63) is 98.8 Å². The first-order chi connectivity index (χ1) is 18.2. The third-order valence-electron chi connectivity index (χ3n) is 5.89. The van der Waals surface area contributed by atoms with Crippen LogP contribution in [0.3, 0.4) is 0 Å². The number of aryl methyl sites for hydroxylation is 1. The van der Waals surface area contributed by atoms with E-state index < -0.39 is 17.5 Å². The maximum atomic E-state index is 13.6. The summed E-state index contributed by atoms with van der Waals surface area (Å²) in [6, 6.07) is 10.2. The van der Waals surface area contributed by atoms with Gasteiger partial charge in [0.05, 0.1) is 30.6 Å². The average Bonchev–Trinajstić information content (AvgIpc) is 3.32. The van der Waals surface area contributed by atoms with Crippen LogP contribution in [-0.2, 0) is 17.6 Å². The van der Waals surface area contributed by atoms with Crippen molar-refractivity contribution < 1.29 is 18.7 Å². The van der Waals surface area contributed by atoms with E-state index in [2.05, 4.69) is 16.0 Å². The van der Waals surface area contributed by atoms with E-state index in [9.17, 15) is 19.6 Å². The molecule has 0 radical (unpaired) electrons. The van der Waals surface area contributed by atoms with Crippen LogP contribution in [0.4, 0.5) is 0 Å². The van der Waals surface area contributed by atoms with Gasteiger partial charge in [0.2, 0.25) is 0 Å². The maximum Gasteiger partial charge on any atom is 0.267 e. The minimum atomic E-state index is -0.972. The van der Waals surface area contributed by atoms with Gasteiger partial charge in [-0.1, -0.05) is 17.7 Å². The van der Waals surface area contributed by atoms with Crippen LogP contribution in [0.1, 0.15) is 39.2 Å². The molecule has 0 bridgehead atoms. The molecule has 38 heavy (non-hydrogen) atoms. The molecule has 0 aliphatic carbocycles. The van der Waals surface area contributed by atoms with Gasteiger partial charge in [-0.3, -0.25) is 19.4 Å². The third kappa shape index (κ3) is 5.63. The van der Waals surface area contributed by atoms with Crippen molar-refractivity contribution >= 4 is 23.3 Å². The fraction of sp³-hybridized carbons (Fsp3) is 0.185. The number of primary amides is 1. The molecule has 11 heteroatoms. The van der Waals surface area contributed by atoms with Gasteiger partial charge in [-0.25, -0.2) is 4.98 Å². The number of aromatic nitrogens is 3. The zero-order valence-corrected chi connectivity index (χ0v) is 21.2. The summed E-state index contributed by atoms with van der Waals surface area (Å²) in [7, 11) is 1.42. The second-order valence-electron chi connectivity index (χ2n) is 8.44. The largest absolute Gasteiger partial charge is 0.495 e. The molecule has 1 atom stereocenters. The van der Waals surface area contributed by atoms with Crippen LogP contribution in [0.5, 0.6) is 5.75 Å². The van der Waals surface area contributed by atoms with Crippen LogP contribution in [0.25, 0.3) is 11.1 Å². The lowest BCUT2D eigenvalue weighted by molar-refractivity contribution is -0.121. The molecule has 1 aromatic carbocycles. The van der Waals surface area contributed by atoms with Gasteiger partial charge in [-0.15, -0.1) is 0 Å². The first-order valence-corrected chi connectivity index (χ1v) is 11.8. The first-order valence-electron chi connectivity index (χ1n) is 11.4. The van der Waals surface area contributed by atoms with Gasteiger partial charge < -0.3 is 19.5 Å². The highest BCUT2D eigenvalue weighted by atomic mass is 35.5. The number of pyridine rings is 2. The van der Waals surface area contributed by atoms with Gasteiger partial charge in [0.15, 0.2) is 11.7 Å². The van der Waals surface area contributed by atoms with Crippen LogP contribution in [0, 0.1) is 18.3 Å². The number of methoxy groups -OCH3 is 1. The van der Waals surface area contributed by atoms with Crippen molar-refractivity contribution in [2.24, 2.45) is 5.73 Å². The Morgan fingerprint density at radius 2 is 2.03 bits per heavy atom. The second kappa shape index (κ2) is 11.1. The van der Waals surface area contributed by atoms with Gasteiger partial charge in [-0.05, 0) is 29.8 Å². The van der Waals surface area contributed by atoms with E-state index >= 15 is 0 Å². The van der Waals surface area contributed by atoms with Crippen LogP contribution in [0.15, 0.2) is 64.3 Å². The van der Waals surface area contributed by atoms with E-state index in [1.165, 1.54) is 42.5 Å². The predicted molar refractivity (Wildman–Crippen MR) is 138 cm³/mol. The normalized spacial score (nSPS) is 11.5. The summed E-state index contributed by atoms with van der Waals surface area (Å²) in [5.74, 6) is -0.301. The SMILES string of the molecule is COc1cn(C(Cc2coc(C)n2)C(=O)Cc2ccc(C(N)=O)nc2)c(=O)cc1-c1cc(Cl)ccc1C#N. The third-order valence-corrected chi connectivity index (χ3v) is 6.12. The summed E-state index contributed by atoms with van der Waals surface area (Å²) in [6.45, 7) is 1.67. The van der Waals surface area contributed by atoms with Crippen molar-refractivity contribution in [3.8, 4) is 22.9 Å². The number of carbonyl (C=O) groups excluding carboxylic acids is 2. The fourth-order valence-corrected chi connectivity index (χ4v) is 4.22. The Balaban J connectivity index is 1.78. The van der Waals surface area contributed by atoms with Crippen LogP contribution >= 0.6 is 11.6 Å². The highest BCUT2D eigenvalue weighted by Crippen LogP contribution is 2.33. The topological polar surface area (TPSA) is 154 Å². The van der Waals surface area contributed by atoms with E-state index in [-0.39, 0.29) is 30.1 Å². The first kappa shape index (κ1) is 26.3. The fourth-order valence-electron chi connectivity index (χ4n) is 4.04. The number of amides is 1. The number of nitriles is 1. The molecule has 192 valence electrons. The Hall–Kier alpha value is -4.75. The van der Waals surface area contributed by atoms with Gasteiger partial charge >= 0.3 is 0 Å². The molecule has 3 aromatic heterocycles. The number of hydrogen-bond donors (Lipinski definition) is 1. The minimum absolute atomic E-state index is 0.0725. The molecule has 4 aromatic rings. The Morgan fingerprint density at radius 1 is 1.24 bits per heavy atom. The zero-order valence-electron chi connectivity index (χ0n) is 20.5. The number of rotatable bonds is 9. The quantitative estimate of drug-likeness (QED) is 0.344. The predicted octanol–water partition coefficient (Wildman–Crippen LogP) is 3.43. The molecular weight excluding hydrogens is 510 g/mol. The highest BCUT2D eigenvalue weighted by molar-refractivity contribution is 6.31. The van der Waals surface area contributed by atoms with E-state index in [1.807, 2.05) is 0 Å². The van der Waals surface area contributed by atoms with E-state index in [4.69, 9.17) is 26.5 Å². The summed E-state index contributed by atoms with van der Waals surface area (Å²) in [5.41, 5.74) is 6.94. The monoisotopic (exact) mass is 531 g/mol. The molecular formula is C27H22ClN5O5. The number of benzene rings is 1. The zero-order chi connectivity index (χ0) is 27.4. The summed E-state index contributed by atoms with van der Waals surface area (Å²) < 4.78 is 12.1.